The summed E-state index contributed by atoms with van der Waals surface area (Å²) in [6, 6.07) is 0.237. The zero-order valence-corrected chi connectivity index (χ0v) is 8.28. The SMILES string of the molecule is CN(CC1CCC1)[C@@H]1COC[C@H]1O. The molecule has 0 radical (unpaired) electrons. The Labute approximate surface area is 79.7 Å². The van der Waals surface area contributed by atoms with Gasteiger partial charge in [0, 0.05) is 6.54 Å². The Balaban J connectivity index is 1.77. The lowest BCUT2D eigenvalue weighted by atomic mass is 9.85. The predicted molar refractivity (Wildman–Crippen MR) is 50.6 cm³/mol. The molecule has 1 saturated heterocycles. The summed E-state index contributed by atoms with van der Waals surface area (Å²) in [5.41, 5.74) is 0. The highest BCUT2D eigenvalue weighted by atomic mass is 16.5. The van der Waals surface area contributed by atoms with Crippen molar-refractivity contribution in [3.05, 3.63) is 0 Å². The Kier molecular flexibility index (Phi) is 2.86. The van der Waals surface area contributed by atoms with Crippen molar-refractivity contribution in [2.24, 2.45) is 5.92 Å². The van der Waals surface area contributed by atoms with Gasteiger partial charge < -0.3 is 9.84 Å². The van der Waals surface area contributed by atoms with Crippen LogP contribution in [0.25, 0.3) is 0 Å². The minimum absolute atomic E-state index is 0.237. The molecule has 76 valence electrons. The van der Waals surface area contributed by atoms with Gasteiger partial charge >= 0.3 is 0 Å². The zero-order chi connectivity index (χ0) is 9.26. The number of ether oxygens (including phenoxy) is 1. The molecule has 1 heterocycles. The molecule has 1 saturated carbocycles. The van der Waals surface area contributed by atoms with Crippen molar-refractivity contribution in [3.63, 3.8) is 0 Å². The Morgan fingerprint density at radius 3 is 2.62 bits per heavy atom. The van der Waals surface area contributed by atoms with Gasteiger partial charge in [0.25, 0.3) is 0 Å². The fourth-order valence-corrected chi connectivity index (χ4v) is 2.17. The van der Waals surface area contributed by atoms with Crippen LogP contribution in [-0.4, -0.2) is 49.0 Å². The van der Waals surface area contributed by atoms with Crippen LogP contribution in [0, 0.1) is 5.92 Å². The average Bonchev–Trinajstić information content (AvgIpc) is 2.43. The lowest BCUT2D eigenvalue weighted by Crippen LogP contribution is -2.43. The fraction of sp³-hybridized carbons (Fsp3) is 1.00. The second-order valence-electron chi connectivity index (χ2n) is 4.41. The van der Waals surface area contributed by atoms with Crippen molar-refractivity contribution in [3.8, 4) is 0 Å². The highest BCUT2D eigenvalue weighted by molar-refractivity contribution is 4.84. The molecule has 1 aliphatic carbocycles. The van der Waals surface area contributed by atoms with Gasteiger partial charge in [0.2, 0.25) is 0 Å². The van der Waals surface area contributed by atoms with Crippen molar-refractivity contribution in [1.29, 1.82) is 0 Å². The number of aliphatic hydroxyl groups is 1. The number of hydrogen-bond donors (Lipinski definition) is 1. The maximum absolute atomic E-state index is 9.60. The normalized spacial score (nSPS) is 35.3. The molecule has 0 aromatic carbocycles. The van der Waals surface area contributed by atoms with Crippen LogP contribution in [0.3, 0.4) is 0 Å². The summed E-state index contributed by atoms with van der Waals surface area (Å²) in [6.45, 7) is 2.34. The third kappa shape index (κ3) is 2.03. The van der Waals surface area contributed by atoms with Gasteiger partial charge in [-0.1, -0.05) is 6.42 Å². The summed E-state index contributed by atoms with van der Waals surface area (Å²) >= 11 is 0. The molecule has 2 fully saturated rings. The second-order valence-corrected chi connectivity index (χ2v) is 4.41. The third-order valence-electron chi connectivity index (χ3n) is 3.36. The summed E-state index contributed by atoms with van der Waals surface area (Å²) < 4.78 is 5.23. The second kappa shape index (κ2) is 3.95. The maximum atomic E-state index is 9.60. The summed E-state index contributed by atoms with van der Waals surface area (Å²) in [6.07, 6.45) is 3.86. The number of nitrogens with zero attached hydrogens (tertiary/aromatic N) is 1. The molecule has 2 rings (SSSR count). The van der Waals surface area contributed by atoms with E-state index in [-0.39, 0.29) is 12.1 Å². The monoisotopic (exact) mass is 185 g/mol. The summed E-state index contributed by atoms with van der Waals surface area (Å²) in [7, 11) is 2.10. The zero-order valence-electron chi connectivity index (χ0n) is 8.28. The maximum Gasteiger partial charge on any atom is 0.0950 e. The van der Waals surface area contributed by atoms with E-state index in [1.807, 2.05) is 0 Å². The number of likely N-dealkylation sites (N-methyl/N-ethyl adjacent to an activating group) is 1. The van der Waals surface area contributed by atoms with Crippen LogP contribution in [-0.2, 0) is 4.74 Å². The van der Waals surface area contributed by atoms with Crippen LogP contribution in [0.15, 0.2) is 0 Å². The first kappa shape index (κ1) is 9.44. The number of rotatable bonds is 3. The molecule has 0 bridgehead atoms. The lowest BCUT2D eigenvalue weighted by Gasteiger charge is -2.33. The van der Waals surface area contributed by atoms with Gasteiger partial charge in [-0.05, 0) is 25.8 Å². The van der Waals surface area contributed by atoms with Gasteiger partial charge in [0.1, 0.15) is 0 Å². The van der Waals surface area contributed by atoms with Gasteiger partial charge in [0.05, 0.1) is 25.4 Å². The van der Waals surface area contributed by atoms with E-state index in [4.69, 9.17) is 4.74 Å². The fourth-order valence-electron chi connectivity index (χ4n) is 2.17. The van der Waals surface area contributed by atoms with E-state index in [1.54, 1.807) is 0 Å². The summed E-state index contributed by atoms with van der Waals surface area (Å²) in [4.78, 5) is 2.27. The Morgan fingerprint density at radius 2 is 2.15 bits per heavy atom. The highest BCUT2D eigenvalue weighted by Crippen LogP contribution is 2.27. The summed E-state index contributed by atoms with van der Waals surface area (Å²) in [5, 5.41) is 9.60. The molecule has 2 aliphatic rings. The average molecular weight is 185 g/mol. The van der Waals surface area contributed by atoms with E-state index in [2.05, 4.69) is 11.9 Å². The van der Waals surface area contributed by atoms with Gasteiger partial charge in [-0.25, -0.2) is 0 Å². The van der Waals surface area contributed by atoms with E-state index >= 15 is 0 Å². The Bertz CT molecular complexity index is 170. The first-order chi connectivity index (χ1) is 6.27. The molecular weight excluding hydrogens is 166 g/mol. The van der Waals surface area contributed by atoms with Crippen LogP contribution in [0.4, 0.5) is 0 Å². The van der Waals surface area contributed by atoms with Crippen LogP contribution in [0.5, 0.6) is 0 Å². The van der Waals surface area contributed by atoms with Crippen LogP contribution in [0.1, 0.15) is 19.3 Å². The predicted octanol–water partition coefficient (Wildman–Crippen LogP) is 0.478. The van der Waals surface area contributed by atoms with E-state index in [1.165, 1.54) is 19.3 Å². The molecule has 13 heavy (non-hydrogen) atoms. The van der Waals surface area contributed by atoms with E-state index in [0.717, 1.165) is 12.5 Å². The van der Waals surface area contributed by atoms with Crippen molar-refractivity contribution < 1.29 is 9.84 Å². The molecule has 0 aromatic rings. The standard InChI is InChI=1S/C10H19NO2/c1-11(5-8-3-2-4-8)9-6-13-7-10(9)12/h8-10,12H,2-7H2,1H3/t9-,10-/m1/s1. The molecule has 0 spiro atoms. The largest absolute Gasteiger partial charge is 0.389 e. The van der Waals surface area contributed by atoms with Crippen LogP contribution in [0.2, 0.25) is 0 Å². The van der Waals surface area contributed by atoms with Gasteiger partial charge in [0.15, 0.2) is 0 Å². The van der Waals surface area contributed by atoms with Gasteiger partial charge in [-0.2, -0.15) is 0 Å². The highest BCUT2D eigenvalue weighted by Gasteiger charge is 2.31. The minimum Gasteiger partial charge on any atom is -0.389 e. The quantitative estimate of drug-likeness (QED) is 0.694. The van der Waals surface area contributed by atoms with Crippen molar-refractivity contribution in [2.75, 3.05) is 26.8 Å². The third-order valence-corrected chi connectivity index (χ3v) is 3.36. The van der Waals surface area contributed by atoms with Crippen molar-refractivity contribution >= 4 is 0 Å². The molecule has 1 N–H and O–H groups in total. The molecule has 2 atom stereocenters. The number of hydrogen-bond acceptors (Lipinski definition) is 3. The topological polar surface area (TPSA) is 32.7 Å². The molecule has 0 amide bonds. The first-order valence-corrected chi connectivity index (χ1v) is 5.23. The van der Waals surface area contributed by atoms with Gasteiger partial charge in [-0.3, -0.25) is 4.90 Å². The number of aliphatic hydroxyl groups excluding tert-OH is 1. The van der Waals surface area contributed by atoms with Crippen molar-refractivity contribution in [2.45, 2.75) is 31.4 Å². The van der Waals surface area contributed by atoms with Gasteiger partial charge in [-0.15, -0.1) is 0 Å². The summed E-state index contributed by atoms with van der Waals surface area (Å²) in [5.74, 6) is 0.873. The van der Waals surface area contributed by atoms with E-state index < -0.39 is 0 Å². The van der Waals surface area contributed by atoms with Crippen molar-refractivity contribution in [1.82, 2.24) is 4.90 Å². The lowest BCUT2D eigenvalue weighted by molar-refractivity contribution is 0.0780. The molecule has 0 aromatic heterocycles. The Hall–Kier alpha value is -0.120. The molecule has 0 unspecified atom stereocenters. The Morgan fingerprint density at radius 1 is 1.38 bits per heavy atom. The van der Waals surface area contributed by atoms with E-state index in [9.17, 15) is 5.11 Å². The van der Waals surface area contributed by atoms with Crippen LogP contribution >= 0.6 is 0 Å². The first-order valence-electron chi connectivity index (χ1n) is 5.23. The molecular formula is C10H19NO2. The minimum atomic E-state index is -0.273. The molecule has 1 aliphatic heterocycles. The molecule has 3 nitrogen and oxygen atoms in total. The smallest absolute Gasteiger partial charge is 0.0950 e. The van der Waals surface area contributed by atoms with Crippen LogP contribution < -0.4 is 0 Å². The van der Waals surface area contributed by atoms with E-state index in [0.29, 0.717) is 13.2 Å². The molecule has 3 heteroatoms.